The highest BCUT2D eigenvalue weighted by Gasteiger charge is 2.56. The van der Waals surface area contributed by atoms with Crippen molar-refractivity contribution in [2.24, 2.45) is 0 Å². The number of ether oxygens (including phenoxy) is 1. The molecular weight excluding hydrogens is 548 g/mol. The number of carbonyl (C=O) groups excluding carboxylic acids is 3. The van der Waals surface area contributed by atoms with E-state index in [-0.39, 0.29) is 29.7 Å². The van der Waals surface area contributed by atoms with Crippen LogP contribution < -0.4 is 11.1 Å². The van der Waals surface area contributed by atoms with E-state index in [1.54, 1.807) is 70.9 Å². The maximum atomic E-state index is 13.2. The largest absolute Gasteiger partial charge is 0.444 e. The van der Waals surface area contributed by atoms with Crippen LogP contribution in [0, 0.1) is 0 Å². The molecule has 0 aliphatic carbocycles. The van der Waals surface area contributed by atoms with Crippen molar-refractivity contribution in [1.29, 1.82) is 0 Å². The van der Waals surface area contributed by atoms with Crippen molar-refractivity contribution in [2.45, 2.75) is 50.9 Å². The molecule has 43 heavy (non-hydrogen) atoms. The smallest absolute Gasteiger partial charge is 0.410 e. The van der Waals surface area contributed by atoms with E-state index in [1.807, 2.05) is 25.2 Å². The molecular formula is C31H32N8O4. The summed E-state index contributed by atoms with van der Waals surface area (Å²) >= 11 is 0. The summed E-state index contributed by atoms with van der Waals surface area (Å²) in [5.41, 5.74) is 7.95. The van der Waals surface area contributed by atoms with Gasteiger partial charge in [-0.15, -0.1) is 0 Å². The number of benzene rings is 1. The summed E-state index contributed by atoms with van der Waals surface area (Å²) in [7, 11) is 0. The van der Waals surface area contributed by atoms with E-state index in [1.165, 1.54) is 6.08 Å². The molecule has 12 nitrogen and oxygen atoms in total. The second-order valence-corrected chi connectivity index (χ2v) is 11.6. The summed E-state index contributed by atoms with van der Waals surface area (Å²) in [6.07, 6.45) is 6.34. The molecule has 2 bridgehead atoms. The molecule has 2 aliphatic rings. The molecule has 2 fully saturated rings. The number of hydrogen-bond acceptors (Lipinski definition) is 8. The van der Waals surface area contributed by atoms with Crippen LogP contribution in [0.25, 0.3) is 16.8 Å². The zero-order chi connectivity index (χ0) is 30.5. The monoisotopic (exact) mass is 580 g/mol. The maximum absolute atomic E-state index is 13.2. The van der Waals surface area contributed by atoms with Crippen LogP contribution in [0.4, 0.5) is 16.4 Å². The van der Waals surface area contributed by atoms with Gasteiger partial charge in [-0.3, -0.25) is 14.0 Å². The second kappa shape index (κ2) is 10.5. The first-order valence-electron chi connectivity index (χ1n) is 14.0. The molecule has 12 heteroatoms. The fourth-order valence-corrected chi connectivity index (χ4v) is 5.91. The predicted molar refractivity (Wildman–Crippen MR) is 160 cm³/mol. The number of amides is 3. The van der Waals surface area contributed by atoms with E-state index in [4.69, 9.17) is 15.5 Å². The number of aromatic nitrogens is 4. The van der Waals surface area contributed by atoms with Gasteiger partial charge in [-0.1, -0.05) is 24.8 Å². The molecule has 0 saturated carbocycles. The van der Waals surface area contributed by atoms with Gasteiger partial charge in [0.05, 0.1) is 12.1 Å². The summed E-state index contributed by atoms with van der Waals surface area (Å²) < 4.78 is 7.52. The van der Waals surface area contributed by atoms with Crippen LogP contribution in [-0.2, 0) is 9.53 Å². The average Bonchev–Trinajstić information content (AvgIpc) is 3.69. The van der Waals surface area contributed by atoms with Gasteiger partial charge >= 0.3 is 6.09 Å². The first kappa shape index (κ1) is 27.9. The summed E-state index contributed by atoms with van der Waals surface area (Å²) in [4.78, 5) is 56.1. The topological polar surface area (TPSA) is 148 Å². The fourth-order valence-electron chi connectivity index (χ4n) is 5.91. The number of imidazole rings is 1. The van der Waals surface area contributed by atoms with Gasteiger partial charge in [0.1, 0.15) is 40.3 Å². The van der Waals surface area contributed by atoms with Crippen molar-refractivity contribution < 1.29 is 19.1 Å². The number of nitrogen functional groups attached to an aromatic ring is 1. The highest BCUT2D eigenvalue weighted by molar-refractivity contribution is 6.04. The molecule has 2 aliphatic heterocycles. The Morgan fingerprint density at radius 2 is 1.86 bits per heavy atom. The number of hydrogen-bond donors (Lipinski definition) is 2. The number of likely N-dealkylation sites (tertiary alicyclic amines) is 2. The Morgan fingerprint density at radius 3 is 2.53 bits per heavy atom. The summed E-state index contributed by atoms with van der Waals surface area (Å²) in [6, 6.07) is 11.1. The summed E-state index contributed by atoms with van der Waals surface area (Å²) in [6.45, 7) is 9.53. The lowest BCUT2D eigenvalue weighted by atomic mass is 10.1. The van der Waals surface area contributed by atoms with Crippen LogP contribution in [0.3, 0.4) is 0 Å². The van der Waals surface area contributed by atoms with Crippen LogP contribution in [0.1, 0.15) is 49.4 Å². The van der Waals surface area contributed by atoms with E-state index < -0.39 is 17.7 Å². The van der Waals surface area contributed by atoms with Crippen LogP contribution >= 0.6 is 0 Å². The van der Waals surface area contributed by atoms with Crippen LogP contribution in [0.5, 0.6) is 0 Å². The number of nitrogens with one attached hydrogen (secondary N) is 1. The zero-order valence-electron chi connectivity index (χ0n) is 24.1. The average molecular weight is 581 g/mol. The molecule has 3 atom stereocenters. The van der Waals surface area contributed by atoms with E-state index in [0.29, 0.717) is 46.9 Å². The number of nitrogens with two attached hydrogens (primary N) is 1. The third kappa shape index (κ3) is 5.05. The minimum Gasteiger partial charge on any atom is -0.444 e. The summed E-state index contributed by atoms with van der Waals surface area (Å²) in [5, 5.41) is 2.77. The molecule has 3 N–H and O–H groups in total. The minimum absolute atomic E-state index is 0.222. The van der Waals surface area contributed by atoms with Crippen LogP contribution in [0.2, 0.25) is 0 Å². The zero-order valence-corrected chi connectivity index (χ0v) is 24.1. The predicted octanol–water partition coefficient (Wildman–Crippen LogP) is 4.07. The molecule has 3 amide bonds. The number of carbonyl (C=O) groups is 3. The molecule has 1 aromatic carbocycles. The standard InChI is InChI=1S/C31H32N8O4/c1-5-23(40)39-20-16-21(38(17-20)30(42)43-31(2,3)4)25(39)28-36-24(26-27(32)34-14-15-37(26)28)18-9-11-19(12-10-18)29(41)35-22-8-6-7-13-33-22/h5-15,20-21,25H,1,16-17H2,2-4H3,(H2,32,34)(H,33,35,41)/t20?,21-,25?/m0/s1. The Hall–Kier alpha value is -5.26. The Labute approximate surface area is 248 Å². The fraction of sp³-hybridized carbons (Fsp3) is 0.290. The van der Waals surface area contributed by atoms with Crippen LogP contribution in [-0.4, -0.2) is 71.3 Å². The highest BCUT2D eigenvalue weighted by atomic mass is 16.6. The van der Waals surface area contributed by atoms with Crippen molar-refractivity contribution >= 4 is 35.1 Å². The van der Waals surface area contributed by atoms with E-state index in [0.717, 1.165) is 0 Å². The molecule has 220 valence electrons. The molecule has 0 spiro atoms. The Kier molecular flexibility index (Phi) is 6.83. The third-order valence-electron chi connectivity index (χ3n) is 7.64. The number of nitrogens with zero attached hydrogens (tertiary/aromatic N) is 6. The van der Waals surface area contributed by atoms with Gasteiger partial charge in [0.15, 0.2) is 0 Å². The number of fused-ring (bicyclic) bond motifs is 3. The Balaban J connectivity index is 1.39. The molecule has 6 rings (SSSR count). The first-order valence-corrected chi connectivity index (χ1v) is 14.0. The van der Waals surface area contributed by atoms with Crippen molar-refractivity contribution in [1.82, 2.24) is 29.2 Å². The molecule has 2 unspecified atom stereocenters. The van der Waals surface area contributed by atoms with E-state index in [9.17, 15) is 14.4 Å². The van der Waals surface area contributed by atoms with Crippen molar-refractivity contribution in [3.63, 3.8) is 0 Å². The molecule has 3 aromatic heterocycles. The van der Waals surface area contributed by atoms with E-state index >= 15 is 0 Å². The Bertz CT molecular complexity index is 1730. The quantitative estimate of drug-likeness (QED) is 0.336. The molecule has 2 saturated heterocycles. The lowest BCUT2D eigenvalue weighted by molar-refractivity contribution is -0.131. The minimum atomic E-state index is -0.668. The second-order valence-electron chi connectivity index (χ2n) is 11.6. The van der Waals surface area contributed by atoms with Gasteiger partial charge in [-0.05, 0) is 57.5 Å². The SMILES string of the molecule is C=CC(=O)N1C2C[C@@H](C1c1nc(-c3ccc(C(=O)Nc4ccccn4)cc3)c3c(N)nccn13)N(C(=O)OC(C)(C)C)C2. The number of piperazine rings is 1. The molecule has 4 aromatic rings. The van der Waals surface area contributed by atoms with Gasteiger partial charge in [0.25, 0.3) is 5.91 Å². The lowest BCUT2D eigenvalue weighted by Gasteiger charge is -2.40. The van der Waals surface area contributed by atoms with Gasteiger partial charge in [0, 0.05) is 36.3 Å². The lowest BCUT2D eigenvalue weighted by Crippen LogP contribution is -2.53. The number of anilines is 2. The maximum Gasteiger partial charge on any atom is 0.410 e. The van der Waals surface area contributed by atoms with Crippen molar-refractivity contribution in [3.8, 4) is 11.3 Å². The molecule has 0 radical (unpaired) electrons. The summed E-state index contributed by atoms with van der Waals surface area (Å²) in [5.74, 6) is 0.689. The normalized spacial score (nSPS) is 19.5. The van der Waals surface area contributed by atoms with E-state index in [2.05, 4.69) is 21.9 Å². The van der Waals surface area contributed by atoms with Gasteiger partial charge < -0.3 is 25.6 Å². The third-order valence-corrected chi connectivity index (χ3v) is 7.64. The van der Waals surface area contributed by atoms with Gasteiger partial charge in [-0.2, -0.15) is 0 Å². The van der Waals surface area contributed by atoms with Crippen molar-refractivity contribution in [3.05, 3.63) is 85.1 Å². The number of pyridine rings is 1. The number of rotatable bonds is 5. The Morgan fingerprint density at radius 1 is 1.09 bits per heavy atom. The highest BCUT2D eigenvalue weighted by Crippen LogP contribution is 2.46. The van der Waals surface area contributed by atoms with Gasteiger partial charge in [-0.25, -0.2) is 19.7 Å². The molecule has 5 heterocycles. The first-order chi connectivity index (χ1) is 20.6. The van der Waals surface area contributed by atoms with Gasteiger partial charge in [0.2, 0.25) is 5.91 Å². The van der Waals surface area contributed by atoms with Crippen molar-refractivity contribution in [2.75, 3.05) is 17.6 Å². The van der Waals surface area contributed by atoms with Crippen LogP contribution in [0.15, 0.2) is 73.7 Å².